The van der Waals surface area contributed by atoms with Gasteiger partial charge in [-0.3, -0.25) is 0 Å². The highest BCUT2D eigenvalue weighted by Crippen LogP contribution is 2.31. The maximum Gasteiger partial charge on any atom is 0.347 e. The van der Waals surface area contributed by atoms with Crippen molar-refractivity contribution in [1.82, 2.24) is 0 Å². The van der Waals surface area contributed by atoms with Gasteiger partial charge >= 0.3 is 11.9 Å². The van der Waals surface area contributed by atoms with Crippen LogP contribution in [0.15, 0.2) is 60.7 Å². The number of carbonyl (C=O) groups excluding carboxylic acids is 2. The van der Waals surface area contributed by atoms with Crippen LogP contribution in [0.25, 0.3) is 0 Å². The van der Waals surface area contributed by atoms with E-state index in [-0.39, 0.29) is 34.8 Å². The second-order valence-electron chi connectivity index (χ2n) is 8.51. The number of esters is 2. The van der Waals surface area contributed by atoms with Gasteiger partial charge in [0, 0.05) is 0 Å². The lowest BCUT2D eigenvalue weighted by atomic mass is 10.1. The predicted octanol–water partition coefficient (Wildman–Crippen LogP) is 3.70. The standard InChI is InChI=1S/C28H26O10/c1-31-25-11-24(28(30)38-20-9-5-18(6-10-20)34-14-22-16-36-22)26(32-2)12-23(25)27(29)37-19-7-3-17(4-8-19)33-13-21-15-35-21/h3-12,21-22H,13-16H2,1-2H3. The minimum atomic E-state index is -0.688. The van der Waals surface area contributed by atoms with E-state index in [2.05, 4.69) is 0 Å². The minimum absolute atomic E-state index is 0.0771. The Hall–Kier alpha value is -4.28. The Morgan fingerprint density at radius 2 is 1.00 bits per heavy atom. The summed E-state index contributed by atoms with van der Waals surface area (Å²) in [6.07, 6.45) is 0.283. The summed E-state index contributed by atoms with van der Waals surface area (Å²) in [6, 6.07) is 16.0. The van der Waals surface area contributed by atoms with Gasteiger partial charge < -0.3 is 37.9 Å². The van der Waals surface area contributed by atoms with E-state index in [0.717, 1.165) is 0 Å². The van der Waals surface area contributed by atoms with E-state index >= 15 is 0 Å². The first-order valence-electron chi connectivity index (χ1n) is 11.9. The van der Waals surface area contributed by atoms with Crippen LogP contribution in [0.1, 0.15) is 20.7 Å². The molecule has 38 heavy (non-hydrogen) atoms. The molecule has 2 heterocycles. The lowest BCUT2D eigenvalue weighted by Crippen LogP contribution is -2.14. The monoisotopic (exact) mass is 522 g/mol. The van der Waals surface area contributed by atoms with Gasteiger partial charge in [-0.2, -0.15) is 0 Å². The van der Waals surface area contributed by atoms with Crippen LogP contribution in [0, 0.1) is 0 Å². The molecule has 0 N–H and O–H groups in total. The van der Waals surface area contributed by atoms with Crippen molar-refractivity contribution in [3.05, 3.63) is 71.8 Å². The van der Waals surface area contributed by atoms with Crippen LogP contribution in [-0.2, 0) is 9.47 Å². The zero-order valence-corrected chi connectivity index (χ0v) is 20.8. The summed E-state index contributed by atoms with van der Waals surface area (Å²) in [5, 5.41) is 0. The van der Waals surface area contributed by atoms with Crippen LogP contribution in [-0.4, -0.2) is 64.8 Å². The van der Waals surface area contributed by atoms with Crippen LogP contribution in [0.3, 0.4) is 0 Å². The third-order valence-corrected chi connectivity index (χ3v) is 5.71. The largest absolute Gasteiger partial charge is 0.496 e. The van der Waals surface area contributed by atoms with Gasteiger partial charge in [0.25, 0.3) is 0 Å². The number of methoxy groups -OCH3 is 2. The molecule has 0 aromatic heterocycles. The van der Waals surface area contributed by atoms with Gasteiger partial charge in [-0.05, 0) is 60.7 Å². The van der Waals surface area contributed by atoms with Crippen molar-refractivity contribution in [3.63, 3.8) is 0 Å². The fraction of sp³-hybridized carbons (Fsp3) is 0.286. The van der Waals surface area contributed by atoms with E-state index in [1.54, 1.807) is 48.5 Å². The topological polar surface area (TPSA) is 115 Å². The molecule has 3 aromatic carbocycles. The van der Waals surface area contributed by atoms with Crippen molar-refractivity contribution >= 4 is 11.9 Å². The number of hydrogen-bond donors (Lipinski definition) is 0. The molecule has 3 aromatic rings. The molecule has 2 aliphatic heterocycles. The maximum atomic E-state index is 12.9. The number of rotatable bonds is 12. The molecule has 0 saturated carbocycles. The Balaban J connectivity index is 1.25. The first kappa shape index (κ1) is 25.4. The van der Waals surface area contributed by atoms with Gasteiger partial charge in [-0.25, -0.2) is 9.59 Å². The number of ether oxygens (including phenoxy) is 8. The molecule has 0 amide bonds. The average Bonchev–Trinajstić information content (AvgIpc) is 3.87. The summed E-state index contributed by atoms with van der Waals surface area (Å²) >= 11 is 0. The van der Waals surface area contributed by atoms with Gasteiger partial charge in [-0.1, -0.05) is 0 Å². The third-order valence-electron chi connectivity index (χ3n) is 5.71. The molecule has 10 heteroatoms. The Morgan fingerprint density at radius 1 is 0.658 bits per heavy atom. The molecule has 2 unspecified atom stereocenters. The van der Waals surface area contributed by atoms with Crippen molar-refractivity contribution in [2.24, 2.45) is 0 Å². The average molecular weight is 523 g/mol. The summed E-state index contributed by atoms with van der Waals surface area (Å²) < 4.78 is 43.1. The van der Waals surface area contributed by atoms with Crippen molar-refractivity contribution in [3.8, 4) is 34.5 Å². The van der Waals surface area contributed by atoms with Crippen molar-refractivity contribution in [2.75, 3.05) is 40.6 Å². The van der Waals surface area contributed by atoms with E-state index in [1.165, 1.54) is 26.4 Å². The van der Waals surface area contributed by atoms with Crippen molar-refractivity contribution in [1.29, 1.82) is 0 Å². The quantitative estimate of drug-likeness (QED) is 0.198. The molecular weight excluding hydrogens is 496 g/mol. The van der Waals surface area contributed by atoms with E-state index < -0.39 is 11.9 Å². The maximum absolute atomic E-state index is 12.9. The molecule has 198 valence electrons. The second kappa shape index (κ2) is 11.4. The second-order valence-corrected chi connectivity index (χ2v) is 8.51. The zero-order valence-electron chi connectivity index (χ0n) is 20.8. The molecule has 10 nitrogen and oxygen atoms in total. The zero-order chi connectivity index (χ0) is 26.5. The Morgan fingerprint density at radius 3 is 1.32 bits per heavy atom. The summed E-state index contributed by atoms with van der Waals surface area (Å²) in [7, 11) is 2.77. The Kier molecular flexibility index (Phi) is 7.62. The van der Waals surface area contributed by atoms with Crippen LogP contribution < -0.4 is 28.4 Å². The van der Waals surface area contributed by atoms with E-state index in [4.69, 9.17) is 37.9 Å². The molecule has 5 rings (SSSR count). The van der Waals surface area contributed by atoms with Crippen LogP contribution in [0.2, 0.25) is 0 Å². The Labute approximate surface area is 218 Å². The van der Waals surface area contributed by atoms with E-state index in [9.17, 15) is 9.59 Å². The number of benzene rings is 3. The molecule has 2 aliphatic rings. The molecule has 0 bridgehead atoms. The van der Waals surface area contributed by atoms with Crippen LogP contribution >= 0.6 is 0 Å². The van der Waals surface area contributed by atoms with Crippen molar-refractivity contribution < 1.29 is 47.5 Å². The van der Waals surface area contributed by atoms with Crippen molar-refractivity contribution in [2.45, 2.75) is 12.2 Å². The van der Waals surface area contributed by atoms with Crippen LogP contribution in [0.5, 0.6) is 34.5 Å². The van der Waals surface area contributed by atoms with E-state index in [0.29, 0.717) is 49.4 Å². The van der Waals surface area contributed by atoms with Gasteiger partial charge in [0.2, 0.25) is 0 Å². The molecule has 0 aliphatic carbocycles. The fourth-order valence-electron chi connectivity index (χ4n) is 3.46. The first-order valence-corrected chi connectivity index (χ1v) is 11.9. The van der Waals surface area contributed by atoms with Gasteiger partial charge in [-0.15, -0.1) is 0 Å². The number of carbonyl (C=O) groups is 2. The number of hydrogen-bond acceptors (Lipinski definition) is 10. The summed E-state index contributed by atoms with van der Waals surface area (Å²) in [6.45, 7) is 2.36. The minimum Gasteiger partial charge on any atom is -0.496 e. The van der Waals surface area contributed by atoms with Gasteiger partial charge in [0.1, 0.15) is 71.0 Å². The molecule has 0 spiro atoms. The fourth-order valence-corrected chi connectivity index (χ4v) is 3.46. The van der Waals surface area contributed by atoms with E-state index in [1.807, 2.05) is 0 Å². The van der Waals surface area contributed by atoms with Gasteiger partial charge in [0.05, 0.1) is 27.4 Å². The highest BCUT2D eigenvalue weighted by molar-refractivity contribution is 5.99. The lowest BCUT2D eigenvalue weighted by Gasteiger charge is -2.14. The van der Waals surface area contributed by atoms with Crippen LogP contribution in [0.4, 0.5) is 0 Å². The smallest absolute Gasteiger partial charge is 0.347 e. The molecule has 2 fully saturated rings. The summed E-state index contributed by atoms with van der Waals surface area (Å²) in [5.41, 5.74) is 0.154. The SMILES string of the molecule is COc1cc(C(=O)Oc2ccc(OCC3CO3)cc2)c(OC)cc1C(=O)Oc1ccc(OCC2CO2)cc1. The highest BCUT2D eigenvalue weighted by atomic mass is 16.6. The molecule has 2 atom stereocenters. The summed E-state index contributed by atoms with van der Waals surface area (Å²) in [4.78, 5) is 25.9. The Bertz CT molecular complexity index is 1180. The predicted molar refractivity (Wildman–Crippen MR) is 133 cm³/mol. The highest BCUT2D eigenvalue weighted by Gasteiger charge is 2.25. The van der Waals surface area contributed by atoms with Gasteiger partial charge in [0.15, 0.2) is 0 Å². The molecule has 0 radical (unpaired) electrons. The first-order chi connectivity index (χ1) is 18.5. The number of epoxide rings is 2. The summed E-state index contributed by atoms with van der Waals surface area (Å²) in [5.74, 6) is 0.768. The third kappa shape index (κ3) is 6.53. The molecule has 2 saturated heterocycles. The molecular formula is C28H26O10. The lowest BCUT2D eigenvalue weighted by molar-refractivity contribution is 0.0714. The normalized spacial score (nSPS) is 17.2.